The molecule has 0 radical (unpaired) electrons. The highest BCUT2D eigenvalue weighted by Gasteiger charge is 2.16. The van der Waals surface area contributed by atoms with E-state index in [1.807, 2.05) is 5.51 Å². The first kappa shape index (κ1) is 6.31. The highest BCUT2D eigenvalue weighted by atomic mass is 32.1. The molecule has 1 aromatic rings. The lowest BCUT2D eigenvalue weighted by Gasteiger charge is -2.03. The van der Waals surface area contributed by atoms with Gasteiger partial charge >= 0.3 is 0 Å². The Bertz CT molecular complexity index is 189. The maximum absolute atomic E-state index is 4.25. The Morgan fingerprint density at radius 2 is 2.70 bits per heavy atom. The number of rotatable bonds is 1. The van der Waals surface area contributed by atoms with Crippen molar-refractivity contribution in [3.05, 3.63) is 16.6 Å². The van der Waals surface area contributed by atoms with Crippen molar-refractivity contribution < 1.29 is 0 Å². The van der Waals surface area contributed by atoms with Crippen molar-refractivity contribution in [2.24, 2.45) is 0 Å². The molecule has 1 aliphatic rings. The number of thiazole rings is 1. The molecular weight excluding hydrogens is 144 g/mol. The molecule has 10 heavy (non-hydrogen) atoms. The van der Waals surface area contributed by atoms with E-state index in [4.69, 9.17) is 0 Å². The smallest absolute Gasteiger partial charge is 0.0795 e. The predicted octanol–water partition coefficient (Wildman–Crippen LogP) is 1.57. The fourth-order valence-electron chi connectivity index (χ4n) is 1.33. The molecule has 1 aliphatic heterocycles. The van der Waals surface area contributed by atoms with Gasteiger partial charge < -0.3 is 5.32 Å². The Labute approximate surface area is 64.3 Å². The molecule has 0 spiro atoms. The van der Waals surface area contributed by atoms with E-state index in [1.54, 1.807) is 11.3 Å². The van der Waals surface area contributed by atoms with Crippen LogP contribution in [0.1, 0.15) is 24.6 Å². The van der Waals surface area contributed by atoms with E-state index in [0.717, 1.165) is 6.54 Å². The van der Waals surface area contributed by atoms with Gasteiger partial charge in [0.25, 0.3) is 0 Å². The van der Waals surface area contributed by atoms with Crippen molar-refractivity contribution >= 4 is 11.3 Å². The van der Waals surface area contributed by atoms with Gasteiger partial charge in [-0.05, 0) is 19.4 Å². The second kappa shape index (κ2) is 2.68. The molecule has 1 fully saturated rings. The van der Waals surface area contributed by atoms with Gasteiger partial charge in [-0.15, -0.1) is 11.3 Å². The van der Waals surface area contributed by atoms with Crippen LogP contribution < -0.4 is 5.32 Å². The Morgan fingerprint density at radius 3 is 3.30 bits per heavy atom. The Balaban J connectivity index is 2.12. The molecule has 1 N–H and O–H groups in total. The van der Waals surface area contributed by atoms with Gasteiger partial charge in [-0.3, -0.25) is 0 Å². The van der Waals surface area contributed by atoms with Gasteiger partial charge in [0.15, 0.2) is 0 Å². The molecule has 0 aromatic carbocycles. The van der Waals surface area contributed by atoms with Crippen LogP contribution >= 0.6 is 11.3 Å². The summed E-state index contributed by atoms with van der Waals surface area (Å²) < 4.78 is 0. The van der Waals surface area contributed by atoms with Gasteiger partial charge in [-0.25, -0.2) is 4.98 Å². The first-order valence-corrected chi connectivity index (χ1v) is 4.52. The van der Waals surface area contributed by atoms with Gasteiger partial charge in [0.2, 0.25) is 0 Å². The van der Waals surface area contributed by atoms with Crippen LogP contribution in [0.5, 0.6) is 0 Å². The summed E-state index contributed by atoms with van der Waals surface area (Å²) in [6, 6.07) is 0.547. The number of hydrogen-bond acceptors (Lipinski definition) is 3. The van der Waals surface area contributed by atoms with Crippen molar-refractivity contribution in [1.82, 2.24) is 10.3 Å². The van der Waals surface area contributed by atoms with E-state index in [1.165, 1.54) is 18.5 Å². The third kappa shape index (κ3) is 1.07. The molecule has 2 rings (SSSR count). The van der Waals surface area contributed by atoms with E-state index >= 15 is 0 Å². The van der Waals surface area contributed by atoms with Crippen molar-refractivity contribution in [3.8, 4) is 0 Å². The minimum Gasteiger partial charge on any atom is -0.309 e. The Morgan fingerprint density at radius 1 is 1.70 bits per heavy atom. The number of hydrogen-bond donors (Lipinski definition) is 1. The summed E-state index contributed by atoms with van der Waals surface area (Å²) in [5.74, 6) is 0. The Hall–Kier alpha value is -0.410. The predicted molar refractivity (Wildman–Crippen MR) is 42.1 cm³/mol. The largest absolute Gasteiger partial charge is 0.309 e. The van der Waals surface area contributed by atoms with Crippen molar-refractivity contribution in [1.29, 1.82) is 0 Å². The third-order valence-electron chi connectivity index (χ3n) is 1.87. The SMILES string of the molecule is c1nc([C@@H]2CCCN2)cs1. The molecule has 1 saturated heterocycles. The van der Waals surface area contributed by atoms with E-state index in [0.29, 0.717) is 6.04 Å². The van der Waals surface area contributed by atoms with Crippen LogP contribution in [-0.4, -0.2) is 11.5 Å². The second-order valence-corrected chi connectivity index (χ2v) is 3.28. The molecule has 0 bridgehead atoms. The number of aromatic nitrogens is 1. The summed E-state index contributed by atoms with van der Waals surface area (Å²) >= 11 is 1.68. The average molecular weight is 154 g/mol. The van der Waals surface area contributed by atoms with E-state index in [-0.39, 0.29) is 0 Å². The average Bonchev–Trinajstić information content (AvgIpc) is 2.59. The number of nitrogens with zero attached hydrogens (tertiary/aromatic N) is 1. The third-order valence-corrected chi connectivity index (χ3v) is 2.47. The van der Waals surface area contributed by atoms with Gasteiger partial charge in [-0.1, -0.05) is 0 Å². The second-order valence-electron chi connectivity index (χ2n) is 2.56. The summed E-state index contributed by atoms with van der Waals surface area (Å²) in [6.07, 6.45) is 2.55. The zero-order valence-electron chi connectivity index (χ0n) is 5.71. The molecule has 2 nitrogen and oxygen atoms in total. The summed E-state index contributed by atoms with van der Waals surface area (Å²) in [5.41, 5.74) is 3.12. The van der Waals surface area contributed by atoms with E-state index < -0.39 is 0 Å². The van der Waals surface area contributed by atoms with Crippen LogP contribution in [0.25, 0.3) is 0 Å². The van der Waals surface area contributed by atoms with Gasteiger partial charge in [0.1, 0.15) is 0 Å². The lowest BCUT2D eigenvalue weighted by atomic mass is 10.2. The van der Waals surface area contributed by atoms with Crippen LogP contribution in [-0.2, 0) is 0 Å². The zero-order valence-corrected chi connectivity index (χ0v) is 6.53. The quantitative estimate of drug-likeness (QED) is 0.664. The van der Waals surface area contributed by atoms with Crippen LogP contribution in [0.2, 0.25) is 0 Å². The monoisotopic (exact) mass is 154 g/mol. The van der Waals surface area contributed by atoms with Crippen LogP contribution in [0.15, 0.2) is 10.9 Å². The summed E-state index contributed by atoms with van der Waals surface area (Å²) in [4.78, 5) is 4.25. The van der Waals surface area contributed by atoms with Gasteiger partial charge in [0.05, 0.1) is 17.2 Å². The highest BCUT2D eigenvalue weighted by molar-refractivity contribution is 7.07. The molecular formula is C7H10N2S. The van der Waals surface area contributed by atoms with Crippen LogP contribution in [0.3, 0.4) is 0 Å². The normalized spacial score (nSPS) is 25.4. The lowest BCUT2D eigenvalue weighted by molar-refractivity contribution is 0.632. The number of nitrogens with one attached hydrogen (secondary N) is 1. The van der Waals surface area contributed by atoms with Crippen molar-refractivity contribution in [2.45, 2.75) is 18.9 Å². The zero-order chi connectivity index (χ0) is 6.81. The topological polar surface area (TPSA) is 24.9 Å². The maximum atomic E-state index is 4.25. The van der Waals surface area contributed by atoms with Gasteiger partial charge in [-0.2, -0.15) is 0 Å². The fraction of sp³-hybridized carbons (Fsp3) is 0.571. The molecule has 1 atom stereocenters. The summed E-state index contributed by atoms with van der Waals surface area (Å²) in [5, 5.41) is 5.53. The molecule has 54 valence electrons. The van der Waals surface area contributed by atoms with E-state index in [9.17, 15) is 0 Å². The lowest BCUT2D eigenvalue weighted by Crippen LogP contribution is -2.12. The van der Waals surface area contributed by atoms with Crippen LogP contribution in [0, 0.1) is 0 Å². The molecule has 0 unspecified atom stereocenters. The fourth-order valence-corrected chi connectivity index (χ4v) is 1.94. The molecule has 0 saturated carbocycles. The molecule has 0 aliphatic carbocycles. The molecule has 3 heteroatoms. The van der Waals surface area contributed by atoms with Crippen molar-refractivity contribution in [3.63, 3.8) is 0 Å². The summed E-state index contributed by atoms with van der Waals surface area (Å²) in [6.45, 7) is 1.15. The van der Waals surface area contributed by atoms with E-state index in [2.05, 4.69) is 15.7 Å². The standard InChI is InChI=1S/C7H10N2S/c1-2-6(8-3-1)7-4-10-5-9-7/h4-6,8H,1-3H2/t6-/m0/s1. The maximum Gasteiger partial charge on any atom is 0.0795 e. The van der Waals surface area contributed by atoms with Gasteiger partial charge in [0, 0.05) is 5.38 Å². The Kier molecular flexibility index (Phi) is 1.69. The molecule has 2 heterocycles. The van der Waals surface area contributed by atoms with Crippen molar-refractivity contribution in [2.75, 3.05) is 6.54 Å². The molecule has 0 amide bonds. The van der Waals surface area contributed by atoms with Crippen LogP contribution in [0.4, 0.5) is 0 Å². The minimum absolute atomic E-state index is 0.547. The minimum atomic E-state index is 0.547. The first-order chi connectivity index (χ1) is 4.97. The highest BCUT2D eigenvalue weighted by Crippen LogP contribution is 2.21. The summed E-state index contributed by atoms with van der Waals surface area (Å²) in [7, 11) is 0. The molecule has 1 aromatic heterocycles. The first-order valence-electron chi connectivity index (χ1n) is 3.58.